The van der Waals surface area contributed by atoms with Crippen LogP contribution >= 0.6 is 12.2 Å². The van der Waals surface area contributed by atoms with E-state index in [9.17, 15) is 0 Å². The van der Waals surface area contributed by atoms with Gasteiger partial charge in [0.15, 0.2) is 5.11 Å². The Kier molecular flexibility index (Phi) is 6.57. The molecule has 0 spiro atoms. The molecular weight excluding hydrogens is 372 g/mol. The smallest absolute Gasteiger partial charge is 0.237 e. The van der Waals surface area contributed by atoms with Gasteiger partial charge in [0.25, 0.3) is 0 Å². The summed E-state index contributed by atoms with van der Waals surface area (Å²) in [5.74, 6) is 1.48. The number of thiocarbonyl (C=S) groups is 1. The maximum Gasteiger partial charge on any atom is 0.237 e. The van der Waals surface area contributed by atoms with E-state index in [2.05, 4.69) is 39.2 Å². The van der Waals surface area contributed by atoms with Crippen LogP contribution < -0.4 is 19.7 Å². The Balaban J connectivity index is 1.66. The van der Waals surface area contributed by atoms with Crippen molar-refractivity contribution in [1.82, 2.24) is 9.88 Å². The number of nitrogens with one attached hydrogen (secondary N) is 1. The molecule has 0 atom stereocenters. The Bertz CT molecular complexity index is 835. The summed E-state index contributed by atoms with van der Waals surface area (Å²) in [5.41, 5.74) is 4.12. The molecule has 2 aromatic rings. The minimum atomic E-state index is 0.574. The van der Waals surface area contributed by atoms with Crippen LogP contribution in [0, 0.1) is 6.92 Å². The molecule has 1 aromatic heterocycles. The summed E-state index contributed by atoms with van der Waals surface area (Å²) in [5, 5.41) is 4.04. The van der Waals surface area contributed by atoms with E-state index >= 15 is 0 Å². The minimum Gasteiger partial charge on any atom is -0.495 e. The summed E-state index contributed by atoms with van der Waals surface area (Å²) in [6.45, 7) is 7.56. The van der Waals surface area contributed by atoms with Crippen molar-refractivity contribution in [2.24, 2.45) is 0 Å². The largest absolute Gasteiger partial charge is 0.495 e. The molecule has 1 aliphatic heterocycles. The molecule has 1 aliphatic rings. The zero-order valence-corrected chi connectivity index (χ0v) is 17.8. The van der Waals surface area contributed by atoms with Crippen LogP contribution in [0.3, 0.4) is 0 Å². The van der Waals surface area contributed by atoms with Gasteiger partial charge in [0, 0.05) is 31.9 Å². The number of anilines is 2. The van der Waals surface area contributed by atoms with Crippen LogP contribution in [0.15, 0.2) is 30.3 Å². The zero-order chi connectivity index (χ0) is 20.1. The predicted molar refractivity (Wildman–Crippen MR) is 118 cm³/mol. The van der Waals surface area contributed by atoms with Gasteiger partial charge in [-0.2, -0.15) is 0 Å². The van der Waals surface area contributed by atoms with E-state index in [-0.39, 0.29) is 0 Å². The van der Waals surface area contributed by atoms with Crippen molar-refractivity contribution in [1.29, 1.82) is 0 Å². The first kappa shape index (κ1) is 20.2. The van der Waals surface area contributed by atoms with Crippen LogP contribution in [-0.4, -0.2) is 55.4 Å². The van der Waals surface area contributed by atoms with Crippen LogP contribution in [0.1, 0.15) is 18.2 Å². The third-order valence-electron chi connectivity index (χ3n) is 5.09. The van der Waals surface area contributed by atoms with Crippen molar-refractivity contribution in [2.75, 3.05) is 50.6 Å². The highest BCUT2D eigenvalue weighted by atomic mass is 32.1. The van der Waals surface area contributed by atoms with Gasteiger partial charge in [-0.25, -0.2) is 4.98 Å². The number of benzene rings is 1. The van der Waals surface area contributed by atoms with Gasteiger partial charge in [0.1, 0.15) is 11.4 Å². The number of nitrogens with zero attached hydrogens (tertiary/aromatic N) is 3. The minimum absolute atomic E-state index is 0.574. The lowest BCUT2D eigenvalue weighted by molar-refractivity contribution is 0.381. The summed E-state index contributed by atoms with van der Waals surface area (Å²) >= 11 is 5.67. The number of para-hydroxylation sites is 2. The molecule has 6 nitrogen and oxygen atoms in total. The number of piperazine rings is 1. The number of hydrogen-bond donors (Lipinski definition) is 1. The summed E-state index contributed by atoms with van der Waals surface area (Å²) in [6.07, 6.45) is 0.919. The highest BCUT2D eigenvalue weighted by Crippen LogP contribution is 2.29. The van der Waals surface area contributed by atoms with E-state index in [0.717, 1.165) is 55.4 Å². The Morgan fingerprint density at radius 1 is 1.14 bits per heavy atom. The Morgan fingerprint density at radius 2 is 1.86 bits per heavy atom. The third kappa shape index (κ3) is 4.30. The van der Waals surface area contributed by atoms with Crippen LogP contribution in [-0.2, 0) is 6.42 Å². The molecule has 3 rings (SSSR count). The normalized spacial score (nSPS) is 14.0. The first-order chi connectivity index (χ1) is 13.6. The fourth-order valence-corrected chi connectivity index (χ4v) is 3.76. The van der Waals surface area contributed by atoms with Gasteiger partial charge >= 0.3 is 0 Å². The molecule has 150 valence electrons. The van der Waals surface area contributed by atoms with Crippen molar-refractivity contribution in [3.63, 3.8) is 0 Å². The maximum absolute atomic E-state index is 5.67. The van der Waals surface area contributed by atoms with Crippen molar-refractivity contribution >= 4 is 28.7 Å². The van der Waals surface area contributed by atoms with Crippen LogP contribution in [0.2, 0.25) is 0 Å². The average Bonchev–Trinajstić information content (AvgIpc) is 2.74. The number of methoxy groups -OCH3 is 2. The van der Waals surface area contributed by atoms with Gasteiger partial charge in [0.05, 0.1) is 19.9 Å². The Labute approximate surface area is 172 Å². The van der Waals surface area contributed by atoms with Gasteiger partial charge in [0.2, 0.25) is 5.88 Å². The fraction of sp³-hybridized carbons (Fsp3) is 0.429. The molecule has 0 aliphatic carbocycles. The van der Waals surface area contributed by atoms with Gasteiger partial charge in [-0.3, -0.25) is 0 Å². The lowest BCUT2D eigenvalue weighted by Gasteiger charge is -2.37. The second-order valence-electron chi connectivity index (χ2n) is 6.72. The number of aromatic nitrogens is 1. The number of aryl methyl sites for hydroxylation is 2. The van der Waals surface area contributed by atoms with Crippen molar-refractivity contribution in [3.05, 3.63) is 41.6 Å². The van der Waals surface area contributed by atoms with E-state index in [1.807, 2.05) is 25.1 Å². The molecule has 7 heteroatoms. The molecule has 1 saturated heterocycles. The highest BCUT2D eigenvalue weighted by molar-refractivity contribution is 7.80. The number of pyridine rings is 1. The van der Waals surface area contributed by atoms with Crippen LogP contribution in [0.25, 0.3) is 0 Å². The van der Waals surface area contributed by atoms with Crippen LogP contribution in [0.4, 0.5) is 11.4 Å². The summed E-state index contributed by atoms with van der Waals surface area (Å²) < 4.78 is 10.9. The summed E-state index contributed by atoms with van der Waals surface area (Å²) in [7, 11) is 3.34. The Morgan fingerprint density at radius 3 is 2.50 bits per heavy atom. The second-order valence-corrected chi connectivity index (χ2v) is 7.11. The molecule has 0 amide bonds. The predicted octanol–water partition coefficient (Wildman–Crippen LogP) is 3.49. The van der Waals surface area contributed by atoms with Crippen molar-refractivity contribution in [3.8, 4) is 11.6 Å². The topological polar surface area (TPSA) is 49.9 Å². The van der Waals surface area contributed by atoms with E-state index in [1.54, 1.807) is 14.2 Å². The quantitative estimate of drug-likeness (QED) is 0.771. The first-order valence-electron chi connectivity index (χ1n) is 9.55. The molecule has 1 aromatic carbocycles. The van der Waals surface area contributed by atoms with Gasteiger partial charge in [-0.15, -0.1) is 0 Å². The summed E-state index contributed by atoms with van der Waals surface area (Å²) in [6, 6.07) is 10.2. The lowest BCUT2D eigenvalue weighted by atomic mass is 10.1. The van der Waals surface area contributed by atoms with E-state index in [0.29, 0.717) is 11.0 Å². The molecule has 1 N–H and O–H groups in total. The third-order valence-corrected chi connectivity index (χ3v) is 5.45. The monoisotopic (exact) mass is 400 g/mol. The van der Waals surface area contributed by atoms with Crippen LogP contribution in [0.5, 0.6) is 11.6 Å². The highest BCUT2D eigenvalue weighted by Gasteiger charge is 2.22. The first-order valence-corrected chi connectivity index (χ1v) is 9.96. The van der Waals surface area contributed by atoms with E-state index < -0.39 is 0 Å². The molecule has 0 saturated carbocycles. The molecule has 0 radical (unpaired) electrons. The summed E-state index contributed by atoms with van der Waals surface area (Å²) in [4.78, 5) is 9.07. The van der Waals surface area contributed by atoms with Crippen molar-refractivity contribution in [2.45, 2.75) is 20.3 Å². The van der Waals surface area contributed by atoms with Crippen molar-refractivity contribution < 1.29 is 9.47 Å². The standard InChI is InChI=1S/C21H28N4O2S/c1-5-16-14-17(20(27-4)22-15(16)2)23-21(28)25-12-10-24(11-13-25)18-8-6-7-9-19(18)26-3/h6-9,14H,5,10-13H2,1-4H3,(H,23,28). The van der Waals surface area contributed by atoms with Gasteiger partial charge in [-0.1, -0.05) is 19.1 Å². The SMILES string of the molecule is CCc1cc(NC(=S)N2CCN(c3ccccc3OC)CC2)c(OC)nc1C. The maximum atomic E-state index is 5.67. The number of rotatable bonds is 5. The molecule has 28 heavy (non-hydrogen) atoms. The number of ether oxygens (including phenoxy) is 2. The molecular formula is C21H28N4O2S. The molecule has 0 bridgehead atoms. The second kappa shape index (κ2) is 9.10. The fourth-order valence-electron chi connectivity index (χ4n) is 3.46. The van der Waals surface area contributed by atoms with E-state index in [4.69, 9.17) is 21.7 Å². The zero-order valence-electron chi connectivity index (χ0n) is 17.0. The van der Waals surface area contributed by atoms with E-state index in [1.165, 1.54) is 5.56 Å². The van der Waals surface area contributed by atoms with Gasteiger partial charge in [-0.05, 0) is 49.3 Å². The van der Waals surface area contributed by atoms with Gasteiger partial charge < -0.3 is 24.6 Å². The molecule has 0 unspecified atom stereocenters. The molecule has 1 fully saturated rings. The number of hydrogen-bond acceptors (Lipinski definition) is 5. The molecule has 2 heterocycles. The lowest BCUT2D eigenvalue weighted by Crippen LogP contribution is -2.50. The average molecular weight is 401 g/mol. The Hall–Kier alpha value is -2.54.